The van der Waals surface area contributed by atoms with Gasteiger partial charge < -0.3 is 29.6 Å². The van der Waals surface area contributed by atoms with E-state index in [2.05, 4.69) is 0 Å². The number of carboxylic acid groups (broad SMARTS) is 2. The largest absolute Gasteiger partial charge is 2.00 e. The first kappa shape index (κ1) is 29.3. The van der Waals surface area contributed by atoms with Crippen molar-refractivity contribution < 1.29 is 55.1 Å². The molecule has 0 spiro atoms. The normalized spacial score (nSPS) is 6.83. The van der Waals surface area contributed by atoms with Gasteiger partial charge in [0.05, 0.1) is 0 Å². The third-order valence-corrected chi connectivity index (χ3v) is 0. The van der Waals surface area contributed by atoms with E-state index in [0.29, 0.717) is 0 Å². The van der Waals surface area contributed by atoms with Crippen LogP contribution in [-0.2, 0) is 27.5 Å². The smallest absolute Gasteiger partial charge is 0.759 e. The van der Waals surface area contributed by atoms with Gasteiger partial charge in [0.1, 0.15) is 0 Å². The van der Waals surface area contributed by atoms with E-state index in [9.17, 15) is 0 Å². The zero-order chi connectivity index (χ0) is 8.08. The Bertz CT molecular complexity index is 161. The minimum atomic E-state index is -5.17. The van der Waals surface area contributed by atoms with E-state index in [0.717, 1.165) is 0 Å². The predicted octanol–water partition coefficient (Wildman–Crippen LogP) is -4.99. The van der Waals surface area contributed by atoms with Crippen molar-refractivity contribution in [2.45, 2.75) is 0 Å². The quantitative estimate of drug-likeness (QED) is 0.240. The molecule has 0 saturated heterocycles. The standard InChI is InChI=1S/CH2O3.Ca.Mn.H2O4S.H2O/c2-1(3)4;;;1-5(2,3)4;/h(H2,2,3,4);;;(H2,1,2,3,4);1H2/q;2*+2;;/p-4. The van der Waals surface area contributed by atoms with Gasteiger partial charge >= 0.3 is 54.8 Å². The van der Waals surface area contributed by atoms with Gasteiger partial charge in [0.2, 0.25) is 0 Å². The second-order valence-corrected chi connectivity index (χ2v) is 1.47. The molecule has 0 amide bonds. The Labute approximate surface area is 108 Å². The first-order valence-electron chi connectivity index (χ1n) is 1.28. The molecule has 0 aliphatic rings. The maximum atomic E-state index is 8.52. The topological polar surface area (TPSA) is 175 Å². The molecule has 8 nitrogen and oxygen atoms in total. The number of hydrogen-bond donors (Lipinski definition) is 0. The SMILES string of the molecule is O.O=C([O-])[O-].O=S(=O)([O-])[O-].[Ca+2].[Mn+2]. The molecule has 0 aromatic rings. The molecule has 0 saturated carbocycles. The molecule has 0 aliphatic carbocycles. The summed E-state index contributed by atoms with van der Waals surface area (Å²) in [5.41, 5.74) is 0. The predicted molar refractivity (Wildman–Crippen MR) is 25.2 cm³/mol. The average Bonchev–Trinajstić information content (AvgIpc) is 1.19. The van der Waals surface area contributed by atoms with Crippen LogP contribution in [0.3, 0.4) is 0 Å². The summed E-state index contributed by atoms with van der Waals surface area (Å²) in [6.07, 6.45) is -2.33. The van der Waals surface area contributed by atoms with Gasteiger partial charge in [0.15, 0.2) is 0 Å². The van der Waals surface area contributed by atoms with E-state index < -0.39 is 16.6 Å². The molecular formula is CH2CaMnO8S. The molecule has 0 aromatic heterocycles. The van der Waals surface area contributed by atoms with Gasteiger partial charge in [-0.2, -0.15) is 0 Å². The fourth-order valence-electron chi connectivity index (χ4n) is 0. The Morgan fingerprint density at radius 1 is 1.08 bits per heavy atom. The van der Waals surface area contributed by atoms with Crippen LogP contribution in [0.2, 0.25) is 0 Å². The molecule has 0 heterocycles. The van der Waals surface area contributed by atoms with Crippen molar-refractivity contribution in [3.8, 4) is 0 Å². The Morgan fingerprint density at radius 2 is 1.08 bits per heavy atom. The monoisotopic (exact) mass is 269 g/mol. The molecule has 0 aromatic carbocycles. The summed E-state index contributed by atoms with van der Waals surface area (Å²) in [7, 11) is -5.17. The van der Waals surface area contributed by atoms with Crippen LogP contribution in [0.25, 0.3) is 0 Å². The Kier molecular flexibility index (Phi) is 35.1. The van der Waals surface area contributed by atoms with Gasteiger partial charge in [-0.3, -0.25) is 8.42 Å². The van der Waals surface area contributed by atoms with Crippen LogP contribution >= 0.6 is 0 Å². The molecule has 0 atom stereocenters. The van der Waals surface area contributed by atoms with E-state index in [1.807, 2.05) is 0 Å². The molecule has 0 rings (SSSR count). The van der Waals surface area contributed by atoms with Gasteiger partial charge in [-0.25, -0.2) is 0 Å². The summed E-state index contributed by atoms with van der Waals surface area (Å²) in [5.74, 6) is 0. The molecule has 0 unspecified atom stereocenters. The first-order valence-corrected chi connectivity index (χ1v) is 2.61. The number of rotatable bonds is 0. The molecule has 12 heavy (non-hydrogen) atoms. The van der Waals surface area contributed by atoms with Gasteiger partial charge in [0, 0.05) is 10.4 Å². The number of hydrogen-bond acceptors (Lipinski definition) is 7. The van der Waals surface area contributed by atoms with Crippen LogP contribution in [0.5, 0.6) is 0 Å². The molecule has 0 fully saturated rings. The molecular weight excluding hydrogens is 267 g/mol. The summed E-state index contributed by atoms with van der Waals surface area (Å²) in [6.45, 7) is 0. The average molecular weight is 269 g/mol. The third-order valence-electron chi connectivity index (χ3n) is 0. The van der Waals surface area contributed by atoms with Crippen LogP contribution in [0.4, 0.5) is 4.79 Å². The van der Waals surface area contributed by atoms with Gasteiger partial charge in [0.25, 0.3) is 0 Å². The third kappa shape index (κ3) is 1370. The van der Waals surface area contributed by atoms with Gasteiger partial charge in [-0.1, -0.05) is 0 Å². The molecule has 1 radical (unpaired) electrons. The van der Waals surface area contributed by atoms with Gasteiger partial charge in [-0.15, -0.1) is 0 Å². The van der Waals surface area contributed by atoms with Crippen molar-refractivity contribution in [1.82, 2.24) is 0 Å². The van der Waals surface area contributed by atoms with E-state index in [1.165, 1.54) is 0 Å². The van der Waals surface area contributed by atoms with Crippen LogP contribution in [-0.4, -0.2) is 66.9 Å². The fraction of sp³-hybridized carbons (Fsp3) is 0. The van der Waals surface area contributed by atoms with Crippen LogP contribution in [0.1, 0.15) is 0 Å². The van der Waals surface area contributed by atoms with Crippen molar-refractivity contribution in [2.24, 2.45) is 0 Å². The van der Waals surface area contributed by atoms with Crippen LogP contribution in [0, 0.1) is 0 Å². The van der Waals surface area contributed by atoms with Crippen LogP contribution < -0.4 is 10.2 Å². The molecule has 69 valence electrons. The van der Waals surface area contributed by atoms with E-state index in [4.69, 9.17) is 32.5 Å². The summed E-state index contributed by atoms with van der Waals surface area (Å²) >= 11 is 0. The maximum absolute atomic E-state index is 8.52. The van der Waals surface area contributed by atoms with Crippen molar-refractivity contribution in [3.05, 3.63) is 0 Å². The fourth-order valence-corrected chi connectivity index (χ4v) is 0. The minimum Gasteiger partial charge on any atom is -0.759 e. The van der Waals surface area contributed by atoms with Gasteiger partial charge in [-0.05, 0) is 6.16 Å². The molecule has 0 bridgehead atoms. The van der Waals surface area contributed by atoms with E-state index in [1.54, 1.807) is 0 Å². The number of carbonyl (C=O) groups excluding carboxylic acids is 1. The van der Waals surface area contributed by atoms with E-state index in [-0.39, 0.29) is 60.3 Å². The molecule has 2 N–H and O–H groups in total. The maximum Gasteiger partial charge on any atom is 2.00 e. The van der Waals surface area contributed by atoms with Crippen LogP contribution in [0.15, 0.2) is 0 Å². The van der Waals surface area contributed by atoms with Crippen molar-refractivity contribution in [3.63, 3.8) is 0 Å². The summed E-state index contributed by atoms with van der Waals surface area (Å²) in [6, 6.07) is 0. The second kappa shape index (κ2) is 14.4. The van der Waals surface area contributed by atoms with Crippen molar-refractivity contribution >= 4 is 54.3 Å². The zero-order valence-electron chi connectivity index (χ0n) is 5.35. The number of carbonyl (C=O) groups is 1. The second-order valence-electron chi connectivity index (χ2n) is 0.658. The Balaban J connectivity index is -0.0000000221. The summed E-state index contributed by atoms with van der Waals surface area (Å²) < 4.78 is 34.1. The molecule has 11 heteroatoms. The zero-order valence-corrected chi connectivity index (χ0v) is 9.56. The van der Waals surface area contributed by atoms with Crippen molar-refractivity contribution in [2.75, 3.05) is 0 Å². The first-order chi connectivity index (χ1) is 3.73. The van der Waals surface area contributed by atoms with E-state index >= 15 is 0 Å². The Morgan fingerprint density at radius 3 is 1.08 bits per heavy atom. The summed E-state index contributed by atoms with van der Waals surface area (Å²) in [5, 5.41) is 16.7. The molecule has 0 aliphatic heterocycles. The minimum absolute atomic E-state index is 0. The summed E-state index contributed by atoms with van der Waals surface area (Å²) in [4.78, 5) is 8.33. The van der Waals surface area contributed by atoms with Crippen molar-refractivity contribution in [1.29, 1.82) is 0 Å². The Hall–Kier alpha value is 0.879.